The molecule has 0 saturated heterocycles. The molecule has 0 radical (unpaired) electrons. The minimum atomic E-state index is 0. The van der Waals surface area contributed by atoms with Crippen LogP contribution in [-0.4, -0.2) is 9.78 Å². The van der Waals surface area contributed by atoms with Crippen molar-refractivity contribution in [1.82, 2.24) is 9.78 Å². The van der Waals surface area contributed by atoms with E-state index < -0.39 is 0 Å². The molecule has 0 saturated carbocycles. The van der Waals surface area contributed by atoms with Gasteiger partial charge >= 0.3 is 51.4 Å². The Kier molecular flexibility index (Phi) is 9.84. The summed E-state index contributed by atoms with van der Waals surface area (Å²) in [7, 11) is 1.78. The van der Waals surface area contributed by atoms with Gasteiger partial charge in [0.1, 0.15) is 0 Å². The van der Waals surface area contributed by atoms with Crippen LogP contribution >= 0.6 is 0 Å². The SMILES string of the molecule is CC.Cc1[c-]c(C#N)nn1C.[K+]. The summed E-state index contributed by atoms with van der Waals surface area (Å²) in [5, 5.41) is 12.1. The van der Waals surface area contributed by atoms with Crippen molar-refractivity contribution in [3.63, 3.8) is 0 Å². The normalized spacial score (nSPS) is 7.25. The van der Waals surface area contributed by atoms with E-state index in [2.05, 4.69) is 11.2 Å². The Morgan fingerprint density at radius 2 is 2.00 bits per heavy atom. The summed E-state index contributed by atoms with van der Waals surface area (Å²) in [5.41, 5.74) is 1.24. The first-order valence-electron chi connectivity index (χ1n) is 3.57. The van der Waals surface area contributed by atoms with E-state index in [1.54, 1.807) is 11.7 Å². The number of hydrogen-bond acceptors (Lipinski definition) is 2. The molecule has 0 unspecified atom stereocenters. The Labute approximate surface area is 116 Å². The Morgan fingerprint density at radius 3 is 2.17 bits per heavy atom. The molecule has 0 aromatic carbocycles. The zero-order chi connectivity index (χ0) is 8.85. The van der Waals surface area contributed by atoms with Crippen LogP contribution in [0.2, 0.25) is 0 Å². The first kappa shape index (κ1) is 14.8. The average Bonchev–Trinajstić information content (AvgIpc) is 2.36. The van der Waals surface area contributed by atoms with Gasteiger partial charge in [0.15, 0.2) is 0 Å². The molecule has 0 N–H and O–H groups in total. The molecular weight excluding hydrogens is 177 g/mol. The predicted octanol–water partition coefficient (Wildman–Crippen LogP) is -1.57. The minimum absolute atomic E-state index is 0. The Hall–Kier alpha value is 0.336. The van der Waals surface area contributed by atoms with E-state index in [0.717, 1.165) is 5.69 Å². The predicted molar refractivity (Wildman–Crippen MR) is 42.8 cm³/mol. The first-order chi connectivity index (χ1) is 5.24. The van der Waals surface area contributed by atoms with Crippen LogP contribution in [0.3, 0.4) is 0 Å². The van der Waals surface area contributed by atoms with Gasteiger partial charge < -0.3 is 5.26 Å². The number of nitriles is 1. The van der Waals surface area contributed by atoms with Crippen LogP contribution in [-0.2, 0) is 7.05 Å². The second-order valence-electron chi connectivity index (χ2n) is 1.79. The summed E-state index contributed by atoms with van der Waals surface area (Å²) in [6.45, 7) is 5.86. The summed E-state index contributed by atoms with van der Waals surface area (Å²) in [4.78, 5) is 0. The maximum atomic E-state index is 8.32. The minimum Gasteiger partial charge on any atom is -0.327 e. The molecule has 12 heavy (non-hydrogen) atoms. The third kappa shape index (κ3) is 4.38. The molecule has 0 atom stereocenters. The van der Waals surface area contributed by atoms with Crippen molar-refractivity contribution in [3.8, 4) is 6.07 Å². The second kappa shape index (κ2) is 7.96. The Balaban J connectivity index is 0. The van der Waals surface area contributed by atoms with Crippen molar-refractivity contribution in [2.75, 3.05) is 0 Å². The summed E-state index contributed by atoms with van der Waals surface area (Å²) < 4.78 is 1.62. The molecule has 3 nitrogen and oxygen atoms in total. The molecule has 1 aromatic rings. The molecular formula is C8H12KN3. The number of hydrogen-bond donors (Lipinski definition) is 0. The smallest absolute Gasteiger partial charge is 0.327 e. The van der Waals surface area contributed by atoms with Gasteiger partial charge in [0.05, 0.1) is 0 Å². The van der Waals surface area contributed by atoms with Crippen molar-refractivity contribution in [2.24, 2.45) is 7.05 Å². The molecule has 0 bridgehead atoms. The van der Waals surface area contributed by atoms with E-state index >= 15 is 0 Å². The first-order valence-corrected chi connectivity index (χ1v) is 3.57. The fourth-order valence-corrected chi connectivity index (χ4v) is 0.553. The fourth-order valence-electron chi connectivity index (χ4n) is 0.553. The number of aryl methyl sites for hydroxylation is 2. The number of rotatable bonds is 0. The van der Waals surface area contributed by atoms with Crippen molar-refractivity contribution in [3.05, 3.63) is 17.5 Å². The van der Waals surface area contributed by atoms with Gasteiger partial charge in [-0.25, -0.2) is 5.10 Å². The van der Waals surface area contributed by atoms with E-state index in [-0.39, 0.29) is 51.4 Å². The largest absolute Gasteiger partial charge is 1.00 e. The molecule has 0 aliphatic rings. The molecule has 1 aromatic heterocycles. The fraction of sp³-hybridized carbons (Fsp3) is 0.500. The zero-order valence-corrected chi connectivity index (χ0v) is 11.5. The van der Waals surface area contributed by atoms with Crippen LogP contribution in [0, 0.1) is 24.3 Å². The van der Waals surface area contributed by atoms with Crippen LogP contribution in [0.1, 0.15) is 25.2 Å². The summed E-state index contributed by atoms with van der Waals surface area (Å²) in [6, 6.07) is 4.69. The van der Waals surface area contributed by atoms with E-state index in [4.69, 9.17) is 5.26 Å². The molecule has 0 amide bonds. The Bertz CT molecular complexity index is 240. The van der Waals surface area contributed by atoms with E-state index in [9.17, 15) is 0 Å². The average molecular weight is 189 g/mol. The summed E-state index contributed by atoms with van der Waals surface area (Å²) in [6.07, 6.45) is 0. The van der Waals surface area contributed by atoms with Crippen LogP contribution in [0.15, 0.2) is 0 Å². The van der Waals surface area contributed by atoms with Crippen molar-refractivity contribution in [1.29, 1.82) is 5.26 Å². The van der Waals surface area contributed by atoms with Crippen LogP contribution in [0.5, 0.6) is 0 Å². The van der Waals surface area contributed by atoms with Crippen LogP contribution < -0.4 is 51.4 Å². The van der Waals surface area contributed by atoms with Gasteiger partial charge in [-0.05, 0) is 12.6 Å². The van der Waals surface area contributed by atoms with Crippen molar-refractivity contribution in [2.45, 2.75) is 20.8 Å². The van der Waals surface area contributed by atoms with Gasteiger partial charge in [0, 0.05) is 7.05 Å². The third-order valence-corrected chi connectivity index (χ3v) is 1.14. The van der Waals surface area contributed by atoms with Gasteiger partial charge in [0.2, 0.25) is 0 Å². The topological polar surface area (TPSA) is 41.6 Å². The van der Waals surface area contributed by atoms with Crippen molar-refractivity contribution >= 4 is 0 Å². The standard InChI is InChI=1S/C6H6N3.C2H6.K/c1-5-3-6(4-7)8-9(5)2;1-2;/h1-2H3;1-2H3;/q-1;;+1. The summed E-state index contributed by atoms with van der Waals surface area (Å²) >= 11 is 0. The maximum absolute atomic E-state index is 8.32. The number of aromatic nitrogens is 2. The van der Waals surface area contributed by atoms with E-state index in [1.807, 2.05) is 26.8 Å². The van der Waals surface area contributed by atoms with Gasteiger partial charge in [-0.3, -0.25) is 4.68 Å². The molecule has 0 aliphatic heterocycles. The van der Waals surface area contributed by atoms with Gasteiger partial charge in [-0.15, -0.1) is 6.07 Å². The van der Waals surface area contributed by atoms with Gasteiger partial charge in [0.25, 0.3) is 0 Å². The Morgan fingerprint density at radius 1 is 1.50 bits per heavy atom. The summed E-state index contributed by atoms with van der Waals surface area (Å²) in [5.74, 6) is 0. The molecule has 0 spiro atoms. The molecule has 4 heteroatoms. The number of nitrogens with zero attached hydrogens (tertiary/aromatic N) is 3. The van der Waals surface area contributed by atoms with Gasteiger partial charge in [-0.2, -0.15) is 6.07 Å². The molecule has 0 aliphatic carbocycles. The van der Waals surface area contributed by atoms with Crippen LogP contribution in [0.25, 0.3) is 0 Å². The maximum Gasteiger partial charge on any atom is 1.00 e. The molecule has 0 fully saturated rings. The zero-order valence-electron chi connectivity index (χ0n) is 8.34. The molecule has 60 valence electrons. The van der Waals surface area contributed by atoms with E-state index in [1.165, 1.54) is 0 Å². The van der Waals surface area contributed by atoms with Gasteiger partial charge in [-0.1, -0.05) is 19.5 Å². The quantitative estimate of drug-likeness (QED) is 0.365. The monoisotopic (exact) mass is 189 g/mol. The molecule has 1 heterocycles. The van der Waals surface area contributed by atoms with Crippen molar-refractivity contribution < 1.29 is 51.4 Å². The van der Waals surface area contributed by atoms with E-state index in [0.29, 0.717) is 5.69 Å². The molecule has 1 rings (SSSR count). The van der Waals surface area contributed by atoms with Crippen LogP contribution in [0.4, 0.5) is 0 Å². The third-order valence-electron chi connectivity index (χ3n) is 1.14. The second-order valence-corrected chi connectivity index (χ2v) is 1.79.